The number of hydrogen-bond donors (Lipinski definition) is 1. The van der Waals surface area contributed by atoms with E-state index in [9.17, 15) is 5.11 Å². The third-order valence-electron chi connectivity index (χ3n) is 4.69. The lowest BCUT2D eigenvalue weighted by Gasteiger charge is -2.40. The van der Waals surface area contributed by atoms with Gasteiger partial charge >= 0.3 is 0 Å². The van der Waals surface area contributed by atoms with Gasteiger partial charge in [0.1, 0.15) is 5.75 Å². The molecule has 2 heteroatoms. The van der Waals surface area contributed by atoms with E-state index >= 15 is 0 Å². The van der Waals surface area contributed by atoms with E-state index in [1.165, 1.54) is 24.0 Å². The first-order valence-corrected chi connectivity index (χ1v) is 6.62. The smallest absolute Gasteiger partial charge is 0.122 e. The molecule has 17 heavy (non-hydrogen) atoms. The number of hydrogen-bond acceptors (Lipinski definition) is 2. The largest absolute Gasteiger partial charge is 0.496 e. The van der Waals surface area contributed by atoms with Crippen molar-refractivity contribution in [2.75, 3.05) is 7.11 Å². The van der Waals surface area contributed by atoms with Gasteiger partial charge in [0.15, 0.2) is 0 Å². The number of fused-ring (bicyclic) bond motifs is 2. The molecule has 0 bridgehead atoms. The maximum absolute atomic E-state index is 10.4. The van der Waals surface area contributed by atoms with Crippen molar-refractivity contribution in [3.05, 3.63) is 29.3 Å². The van der Waals surface area contributed by atoms with Crippen LogP contribution in [0.3, 0.4) is 0 Å². The Morgan fingerprint density at radius 1 is 1.29 bits per heavy atom. The van der Waals surface area contributed by atoms with E-state index in [2.05, 4.69) is 12.1 Å². The zero-order chi connectivity index (χ0) is 11.9. The van der Waals surface area contributed by atoms with Gasteiger partial charge < -0.3 is 9.84 Å². The van der Waals surface area contributed by atoms with Gasteiger partial charge in [0.05, 0.1) is 13.2 Å². The van der Waals surface area contributed by atoms with Crippen LogP contribution in [0.15, 0.2) is 18.2 Å². The molecule has 2 nitrogen and oxygen atoms in total. The third kappa shape index (κ3) is 1.50. The molecule has 0 aliphatic heterocycles. The van der Waals surface area contributed by atoms with Crippen molar-refractivity contribution >= 4 is 0 Å². The van der Waals surface area contributed by atoms with Crippen LogP contribution in [0.25, 0.3) is 0 Å². The Morgan fingerprint density at radius 2 is 2.06 bits per heavy atom. The van der Waals surface area contributed by atoms with E-state index in [4.69, 9.17) is 4.74 Å². The fourth-order valence-electron chi connectivity index (χ4n) is 3.83. The van der Waals surface area contributed by atoms with Crippen LogP contribution in [-0.2, 0) is 11.8 Å². The van der Waals surface area contributed by atoms with Crippen molar-refractivity contribution in [3.8, 4) is 5.75 Å². The van der Waals surface area contributed by atoms with Gasteiger partial charge in [0.2, 0.25) is 0 Å². The predicted molar refractivity (Wildman–Crippen MR) is 67.5 cm³/mol. The minimum Gasteiger partial charge on any atom is -0.496 e. The Labute approximate surface area is 103 Å². The molecular weight excluding hydrogens is 212 g/mol. The van der Waals surface area contributed by atoms with Crippen LogP contribution in [0.1, 0.15) is 43.2 Å². The summed E-state index contributed by atoms with van der Waals surface area (Å²) in [6.45, 7) is 0. The molecule has 92 valence electrons. The van der Waals surface area contributed by atoms with Gasteiger partial charge in [-0.2, -0.15) is 0 Å². The number of ether oxygens (including phenoxy) is 1. The van der Waals surface area contributed by atoms with Gasteiger partial charge in [-0.3, -0.25) is 0 Å². The van der Waals surface area contributed by atoms with Crippen LogP contribution in [-0.4, -0.2) is 18.3 Å². The van der Waals surface area contributed by atoms with Gasteiger partial charge in [0.25, 0.3) is 0 Å². The Balaban J connectivity index is 2.14. The first-order chi connectivity index (χ1) is 8.28. The van der Waals surface area contributed by atoms with Crippen LogP contribution < -0.4 is 4.74 Å². The van der Waals surface area contributed by atoms with E-state index in [0.29, 0.717) is 0 Å². The van der Waals surface area contributed by atoms with Crippen molar-refractivity contribution in [1.82, 2.24) is 0 Å². The van der Waals surface area contributed by atoms with E-state index < -0.39 is 0 Å². The van der Waals surface area contributed by atoms with E-state index in [-0.39, 0.29) is 11.5 Å². The van der Waals surface area contributed by atoms with Crippen LogP contribution in [0.5, 0.6) is 5.75 Å². The first kappa shape index (κ1) is 11.1. The number of aliphatic hydroxyl groups is 1. The van der Waals surface area contributed by atoms with E-state index in [0.717, 1.165) is 31.4 Å². The first-order valence-electron chi connectivity index (χ1n) is 6.62. The molecule has 2 aliphatic carbocycles. The van der Waals surface area contributed by atoms with Crippen molar-refractivity contribution in [1.29, 1.82) is 0 Å². The molecule has 0 radical (unpaired) electrons. The number of rotatable bonds is 1. The highest BCUT2D eigenvalue weighted by molar-refractivity contribution is 5.47. The lowest BCUT2D eigenvalue weighted by atomic mass is 9.67. The third-order valence-corrected chi connectivity index (χ3v) is 4.69. The molecule has 1 atom stereocenters. The van der Waals surface area contributed by atoms with Crippen molar-refractivity contribution in [2.24, 2.45) is 0 Å². The average Bonchev–Trinajstić information content (AvgIpc) is 2.84. The fourth-order valence-corrected chi connectivity index (χ4v) is 3.83. The summed E-state index contributed by atoms with van der Waals surface area (Å²) in [5.74, 6) is 1.00. The van der Waals surface area contributed by atoms with Gasteiger partial charge in [0, 0.05) is 5.41 Å². The molecule has 0 amide bonds. The van der Waals surface area contributed by atoms with Crippen LogP contribution in [0.4, 0.5) is 0 Å². The molecule has 1 N–H and O–H groups in total. The van der Waals surface area contributed by atoms with Crippen molar-refractivity contribution in [3.63, 3.8) is 0 Å². The SMILES string of the molecule is COc1cccc2c1CCC(O)C21CCCC1. The zero-order valence-corrected chi connectivity index (χ0v) is 10.4. The summed E-state index contributed by atoms with van der Waals surface area (Å²) in [5, 5.41) is 10.4. The van der Waals surface area contributed by atoms with Crippen molar-refractivity contribution in [2.45, 2.75) is 50.0 Å². The van der Waals surface area contributed by atoms with E-state index in [1.807, 2.05) is 6.07 Å². The second-order valence-corrected chi connectivity index (χ2v) is 5.40. The maximum Gasteiger partial charge on any atom is 0.122 e. The molecule has 0 heterocycles. The second kappa shape index (κ2) is 4.02. The second-order valence-electron chi connectivity index (χ2n) is 5.40. The Bertz CT molecular complexity index is 419. The Hall–Kier alpha value is -1.02. The molecular formula is C15H20O2. The number of benzene rings is 1. The van der Waals surface area contributed by atoms with Gasteiger partial charge in [-0.25, -0.2) is 0 Å². The minimum atomic E-state index is -0.162. The van der Waals surface area contributed by atoms with Crippen LogP contribution >= 0.6 is 0 Å². The van der Waals surface area contributed by atoms with Gasteiger partial charge in [-0.05, 0) is 42.9 Å². The molecule has 1 spiro atoms. The fraction of sp³-hybridized carbons (Fsp3) is 0.600. The molecule has 0 saturated heterocycles. The molecule has 0 aromatic heterocycles. The van der Waals surface area contributed by atoms with Gasteiger partial charge in [-0.15, -0.1) is 0 Å². The summed E-state index contributed by atoms with van der Waals surface area (Å²) in [5.41, 5.74) is 2.72. The molecule has 2 aliphatic rings. The van der Waals surface area contributed by atoms with Crippen LogP contribution in [0, 0.1) is 0 Å². The average molecular weight is 232 g/mol. The monoisotopic (exact) mass is 232 g/mol. The standard InChI is InChI=1S/C15H20O2/c1-17-13-6-4-5-12-11(13)7-8-14(16)15(12)9-2-3-10-15/h4-6,14,16H,2-3,7-10H2,1H3. The summed E-state index contributed by atoms with van der Waals surface area (Å²) in [6, 6.07) is 6.31. The summed E-state index contributed by atoms with van der Waals surface area (Å²) in [7, 11) is 1.74. The zero-order valence-electron chi connectivity index (χ0n) is 10.4. The summed E-state index contributed by atoms with van der Waals surface area (Å²) in [6.07, 6.45) is 6.42. The lowest BCUT2D eigenvalue weighted by molar-refractivity contribution is 0.0656. The molecule has 1 unspecified atom stereocenters. The van der Waals surface area contributed by atoms with Crippen molar-refractivity contribution < 1.29 is 9.84 Å². The number of aliphatic hydroxyl groups excluding tert-OH is 1. The minimum absolute atomic E-state index is 0.0299. The summed E-state index contributed by atoms with van der Waals surface area (Å²) >= 11 is 0. The molecule has 3 rings (SSSR count). The number of methoxy groups -OCH3 is 1. The summed E-state index contributed by atoms with van der Waals surface area (Å²) in [4.78, 5) is 0. The topological polar surface area (TPSA) is 29.5 Å². The van der Waals surface area contributed by atoms with Crippen LogP contribution in [0.2, 0.25) is 0 Å². The van der Waals surface area contributed by atoms with E-state index in [1.54, 1.807) is 7.11 Å². The molecule has 1 fully saturated rings. The highest BCUT2D eigenvalue weighted by atomic mass is 16.5. The summed E-state index contributed by atoms with van der Waals surface area (Å²) < 4.78 is 5.47. The lowest BCUT2D eigenvalue weighted by Crippen LogP contribution is -2.41. The highest BCUT2D eigenvalue weighted by Crippen LogP contribution is 2.50. The normalized spacial score (nSPS) is 25.9. The molecule has 1 aromatic carbocycles. The maximum atomic E-state index is 10.4. The molecule has 1 aromatic rings. The quantitative estimate of drug-likeness (QED) is 0.806. The molecule has 1 saturated carbocycles. The predicted octanol–water partition coefficient (Wildman–Crippen LogP) is 2.81. The Kier molecular flexibility index (Phi) is 2.62. The highest BCUT2D eigenvalue weighted by Gasteiger charge is 2.45. The van der Waals surface area contributed by atoms with Gasteiger partial charge in [-0.1, -0.05) is 25.0 Å². The Morgan fingerprint density at radius 3 is 2.76 bits per heavy atom.